The number of aliphatic imine (C=N–C) groups is 1. The van der Waals surface area contributed by atoms with Crippen molar-refractivity contribution in [2.75, 3.05) is 0 Å². The zero-order chi connectivity index (χ0) is 14.0. The Morgan fingerprint density at radius 3 is 2.37 bits per heavy atom. The van der Waals surface area contributed by atoms with E-state index >= 15 is 0 Å². The normalized spacial score (nSPS) is 11.7. The predicted molar refractivity (Wildman–Crippen MR) is 83.6 cm³/mol. The summed E-state index contributed by atoms with van der Waals surface area (Å²) >= 11 is 0. The van der Waals surface area contributed by atoms with Gasteiger partial charge in [0.2, 0.25) is 0 Å². The number of allylic oxidation sites excluding steroid dienone is 3. The molecule has 2 heteroatoms. The third kappa shape index (κ3) is 2.68. The molecule has 0 aliphatic heterocycles. The van der Waals surface area contributed by atoms with Crippen molar-refractivity contribution < 1.29 is 0 Å². The quantitative estimate of drug-likeness (QED) is 0.540. The van der Waals surface area contributed by atoms with Crippen molar-refractivity contribution in [2.45, 2.75) is 27.7 Å². The highest BCUT2D eigenvalue weighted by Crippen LogP contribution is 2.19. The molecule has 1 heterocycles. The zero-order valence-electron chi connectivity index (χ0n) is 12.1. The van der Waals surface area contributed by atoms with Crippen molar-refractivity contribution in [3.05, 3.63) is 60.0 Å². The van der Waals surface area contributed by atoms with Gasteiger partial charge in [-0.15, -0.1) is 0 Å². The van der Waals surface area contributed by atoms with Crippen LogP contribution in [0.4, 0.5) is 0 Å². The first-order valence-corrected chi connectivity index (χ1v) is 6.46. The summed E-state index contributed by atoms with van der Waals surface area (Å²) in [5, 5.41) is 1.22. The van der Waals surface area contributed by atoms with Crippen LogP contribution >= 0.6 is 0 Å². The lowest BCUT2D eigenvalue weighted by atomic mass is 10.1. The summed E-state index contributed by atoms with van der Waals surface area (Å²) in [4.78, 5) is 4.62. The fourth-order valence-electron chi connectivity index (χ4n) is 1.99. The highest BCUT2D eigenvalue weighted by molar-refractivity contribution is 6.05. The van der Waals surface area contributed by atoms with Crippen molar-refractivity contribution in [1.29, 1.82) is 0 Å². The Morgan fingerprint density at radius 1 is 1.05 bits per heavy atom. The van der Waals surface area contributed by atoms with Crippen LogP contribution in [0.2, 0.25) is 0 Å². The topological polar surface area (TPSA) is 17.3 Å². The minimum Gasteiger partial charge on any atom is -0.301 e. The number of hydrogen-bond acceptors (Lipinski definition) is 1. The molecule has 0 saturated carbocycles. The molecule has 2 aromatic rings. The monoisotopic (exact) mass is 252 g/mol. The van der Waals surface area contributed by atoms with Crippen molar-refractivity contribution in [1.82, 2.24) is 4.57 Å². The molecule has 19 heavy (non-hydrogen) atoms. The molecule has 0 atom stereocenters. The Bertz CT molecular complexity index is 680. The van der Waals surface area contributed by atoms with E-state index in [2.05, 4.69) is 73.4 Å². The lowest BCUT2D eigenvalue weighted by Crippen LogP contribution is -2.13. The molecule has 0 fully saturated rings. The Hall–Kier alpha value is -2.09. The van der Waals surface area contributed by atoms with Gasteiger partial charge in [0.05, 0.1) is 5.52 Å². The van der Waals surface area contributed by atoms with Crippen molar-refractivity contribution in [2.24, 2.45) is 4.99 Å². The molecule has 0 N–H and O–H groups in total. The summed E-state index contributed by atoms with van der Waals surface area (Å²) in [5.74, 6) is 0.953. The molecule has 98 valence electrons. The lowest BCUT2D eigenvalue weighted by Gasteiger charge is -2.12. The molecule has 0 radical (unpaired) electrons. The Labute approximate surface area is 114 Å². The van der Waals surface area contributed by atoms with Gasteiger partial charge in [0.25, 0.3) is 0 Å². The van der Waals surface area contributed by atoms with E-state index in [1.807, 2.05) is 6.92 Å². The van der Waals surface area contributed by atoms with E-state index in [0.29, 0.717) is 0 Å². The first kappa shape index (κ1) is 13.3. The molecular formula is C17H20N2. The van der Waals surface area contributed by atoms with Crippen molar-refractivity contribution >= 4 is 16.7 Å². The summed E-state index contributed by atoms with van der Waals surface area (Å²) < 4.78 is 2.13. The van der Waals surface area contributed by atoms with Crippen LogP contribution in [0, 0.1) is 0 Å². The van der Waals surface area contributed by atoms with E-state index < -0.39 is 0 Å². The van der Waals surface area contributed by atoms with Crippen molar-refractivity contribution in [3.63, 3.8) is 0 Å². The van der Waals surface area contributed by atoms with Crippen LogP contribution in [0.5, 0.6) is 0 Å². The maximum Gasteiger partial charge on any atom is 0.140 e. The fourth-order valence-corrected chi connectivity index (χ4v) is 1.99. The van der Waals surface area contributed by atoms with Gasteiger partial charge in [-0.2, -0.15) is 0 Å². The van der Waals surface area contributed by atoms with E-state index in [-0.39, 0.29) is 0 Å². The zero-order valence-corrected chi connectivity index (χ0v) is 12.1. The Balaban J connectivity index is 2.69. The molecule has 2 rings (SSSR count). The van der Waals surface area contributed by atoms with Crippen LogP contribution in [0.15, 0.2) is 64.9 Å². The van der Waals surface area contributed by atoms with E-state index in [0.717, 1.165) is 11.5 Å². The minimum atomic E-state index is 0.813. The molecule has 0 spiro atoms. The number of fused-ring (bicyclic) bond motifs is 1. The van der Waals surface area contributed by atoms with Gasteiger partial charge in [-0.1, -0.05) is 30.4 Å². The molecule has 0 aliphatic carbocycles. The maximum atomic E-state index is 4.62. The number of nitrogens with zero attached hydrogens (tertiary/aromatic N) is 2. The van der Waals surface area contributed by atoms with E-state index in [1.54, 1.807) is 0 Å². The van der Waals surface area contributed by atoms with E-state index in [1.165, 1.54) is 22.0 Å². The Kier molecular flexibility index (Phi) is 3.70. The second-order valence-corrected chi connectivity index (χ2v) is 5.04. The fraction of sp³-hybridized carbons (Fsp3) is 0.235. The summed E-state index contributed by atoms with van der Waals surface area (Å²) in [6.45, 7) is 12.1. The van der Waals surface area contributed by atoms with Gasteiger partial charge < -0.3 is 4.57 Å². The van der Waals surface area contributed by atoms with Gasteiger partial charge >= 0.3 is 0 Å². The second kappa shape index (κ2) is 5.27. The summed E-state index contributed by atoms with van der Waals surface area (Å²) in [5.41, 5.74) is 4.43. The average molecular weight is 252 g/mol. The summed E-state index contributed by atoms with van der Waals surface area (Å²) in [6.07, 6.45) is 2.07. The number of hydrogen-bond donors (Lipinski definition) is 0. The van der Waals surface area contributed by atoms with Gasteiger partial charge in [0.15, 0.2) is 0 Å². The summed E-state index contributed by atoms with van der Waals surface area (Å²) in [6, 6.07) is 10.4. The van der Waals surface area contributed by atoms with Gasteiger partial charge in [-0.3, -0.25) is 0 Å². The Morgan fingerprint density at radius 2 is 1.74 bits per heavy atom. The van der Waals surface area contributed by atoms with Crippen LogP contribution in [0.3, 0.4) is 0 Å². The molecule has 0 aliphatic rings. The molecular weight excluding hydrogens is 232 g/mol. The number of benzene rings is 1. The molecule has 1 aromatic carbocycles. The minimum absolute atomic E-state index is 0.813. The van der Waals surface area contributed by atoms with Crippen molar-refractivity contribution in [3.8, 4) is 0 Å². The maximum absolute atomic E-state index is 4.62. The molecule has 0 bridgehead atoms. The van der Waals surface area contributed by atoms with Gasteiger partial charge in [-0.25, -0.2) is 4.99 Å². The number of aromatic nitrogens is 1. The largest absolute Gasteiger partial charge is 0.301 e. The average Bonchev–Trinajstić information content (AvgIpc) is 2.78. The molecule has 1 aromatic heterocycles. The first-order chi connectivity index (χ1) is 9.00. The van der Waals surface area contributed by atoms with Gasteiger partial charge in [0, 0.05) is 11.9 Å². The SMILES string of the molecule is C=C(C)N=C(C(C)=C(C)C)n1ccc2ccccc21. The molecule has 0 saturated heterocycles. The van der Waals surface area contributed by atoms with Crippen LogP contribution in [0.25, 0.3) is 10.9 Å². The summed E-state index contributed by atoms with van der Waals surface area (Å²) in [7, 11) is 0. The molecule has 0 unspecified atom stereocenters. The number of rotatable bonds is 2. The molecule has 2 nitrogen and oxygen atoms in total. The van der Waals surface area contributed by atoms with Crippen LogP contribution < -0.4 is 0 Å². The highest BCUT2D eigenvalue weighted by atomic mass is 15.1. The van der Waals surface area contributed by atoms with E-state index in [9.17, 15) is 0 Å². The smallest absolute Gasteiger partial charge is 0.140 e. The first-order valence-electron chi connectivity index (χ1n) is 6.46. The predicted octanol–water partition coefficient (Wildman–Crippen LogP) is 4.78. The standard InChI is InChI=1S/C17H20N2/c1-12(2)14(5)17(18-13(3)4)19-11-10-15-8-6-7-9-16(15)19/h6-11H,3H2,1-2,4-5H3. The molecule has 0 amide bonds. The van der Waals surface area contributed by atoms with Crippen LogP contribution in [-0.4, -0.2) is 10.4 Å². The van der Waals surface area contributed by atoms with Crippen LogP contribution in [-0.2, 0) is 0 Å². The van der Waals surface area contributed by atoms with Gasteiger partial charge in [0.1, 0.15) is 5.84 Å². The van der Waals surface area contributed by atoms with Crippen LogP contribution in [0.1, 0.15) is 27.7 Å². The third-order valence-electron chi connectivity index (χ3n) is 3.21. The van der Waals surface area contributed by atoms with Gasteiger partial charge in [-0.05, 0) is 50.8 Å². The second-order valence-electron chi connectivity index (χ2n) is 5.04. The third-order valence-corrected chi connectivity index (χ3v) is 3.21. The number of para-hydroxylation sites is 1. The highest BCUT2D eigenvalue weighted by Gasteiger charge is 2.10. The van der Waals surface area contributed by atoms with E-state index in [4.69, 9.17) is 0 Å². The lowest BCUT2D eigenvalue weighted by molar-refractivity contribution is 1.14.